The SMILES string of the molecule is CCNC(=NCC(C)(O)c1ccco1)NCCOCc1ccccc1.I. The Morgan fingerprint density at radius 1 is 1.19 bits per heavy atom. The van der Waals surface area contributed by atoms with Crippen LogP contribution in [0.4, 0.5) is 0 Å². The molecule has 6 nitrogen and oxygen atoms in total. The third kappa shape index (κ3) is 7.76. The van der Waals surface area contributed by atoms with Gasteiger partial charge in [0.1, 0.15) is 11.4 Å². The molecule has 0 amide bonds. The van der Waals surface area contributed by atoms with Crippen molar-refractivity contribution < 1.29 is 14.3 Å². The fourth-order valence-electron chi connectivity index (χ4n) is 2.24. The van der Waals surface area contributed by atoms with Crippen LogP contribution in [0.3, 0.4) is 0 Å². The number of ether oxygens (including phenoxy) is 1. The zero-order valence-electron chi connectivity index (χ0n) is 15.3. The summed E-state index contributed by atoms with van der Waals surface area (Å²) in [4.78, 5) is 4.43. The zero-order valence-corrected chi connectivity index (χ0v) is 17.6. The molecule has 0 aliphatic carbocycles. The Hall–Kier alpha value is -1.58. The maximum absolute atomic E-state index is 10.4. The van der Waals surface area contributed by atoms with Gasteiger partial charge < -0.3 is 24.9 Å². The highest BCUT2D eigenvalue weighted by Crippen LogP contribution is 2.20. The number of furan rings is 1. The lowest BCUT2D eigenvalue weighted by Crippen LogP contribution is -2.40. The summed E-state index contributed by atoms with van der Waals surface area (Å²) in [7, 11) is 0. The van der Waals surface area contributed by atoms with Crippen molar-refractivity contribution in [3.63, 3.8) is 0 Å². The summed E-state index contributed by atoms with van der Waals surface area (Å²) in [6, 6.07) is 13.6. The molecule has 0 aliphatic heterocycles. The lowest BCUT2D eigenvalue weighted by Gasteiger charge is -2.19. The van der Waals surface area contributed by atoms with Crippen molar-refractivity contribution in [1.29, 1.82) is 0 Å². The Bertz CT molecular complexity index is 631. The standard InChI is InChI=1S/C19H27N3O3.HI/c1-3-20-18(22-15-19(2,23)17-10-7-12-25-17)21-11-13-24-14-16-8-5-4-6-9-16;/h4-10,12,23H,3,11,13-15H2,1-2H3,(H2,20,21,22);1H. The molecule has 0 spiro atoms. The van der Waals surface area contributed by atoms with Gasteiger partial charge in [-0.05, 0) is 31.5 Å². The van der Waals surface area contributed by atoms with Crippen LogP contribution in [0.2, 0.25) is 0 Å². The van der Waals surface area contributed by atoms with E-state index < -0.39 is 5.60 Å². The third-order valence-corrected chi connectivity index (χ3v) is 3.59. The fraction of sp³-hybridized carbons (Fsp3) is 0.421. The van der Waals surface area contributed by atoms with Gasteiger partial charge in [-0.3, -0.25) is 0 Å². The molecule has 7 heteroatoms. The molecular formula is C19H28IN3O3. The number of aliphatic imine (C=N–C) groups is 1. The second-order valence-corrected chi connectivity index (χ2v) is 5.91. The molecule has 1 atom stereocenters. The van der Waals surface area contributed by atoms with E-state index in [-0.39, 0.29) is 30.5 Å². The topological polar surface area (TPSA) is 79.0 Å². The van der Waals surface area contributed by atoms with Gasteiger partial charge in [0.05, 0.1) is 26.0 Å². The molecule has 0 bridgehead atoms. The van der Waals surface area contributed by atoms with Gasteiger partial charge >= 0.3 is 0 Å². The number of guanidine groups is 1. The number of nitrogens with zero attached hydrogens (tertiary/aromatic N) is 1. The molecule has 1 aromatic carbocycles. The quantitative estimate of drug-likeness (QED) is 0.226. The second kappa shape index (κ2) is 11.9. The molecule has 0 aliphatic rings. The van der Waals surface area contributed by atoms with Crippen LogP contribution in [0.25, 0.3) is 0 Å². The molecule has 0 saturated heterocycles. The van der Waals surface area contributed by atoms with Crippen LogP contribution in [0.5, 0.6) is 0 Å². The van der Waals surface area contributed by atoms with Crippen molar-refractivity contribution in [2.24, 2.45) is 4.99 Å². The van der Waals surface area contributed by atoms with Crippen LogP contribution < -0.4 is 10.6 Å². The summed E-state index contributed by atoms with van der Waals surface area (Å²) in [5.41, 5.74) is 0.00733. The van der Waals surface area contributed by atoms with Crippen molar-refractivity contribution in [1.82, 2.24) is 10.6 Å². The second-order valence-electron chi connectivity index (χ2n) is 5.91. The first-order chi connectivity index (χ1) is 12.1. The Morgan fingerprint density at radius 3 is 2.62 bits per heavy atom. The van der Waals surface area contributed by atoms with Gasteiger partial charge in [0.15, 0.2) is 5.96 Å². The Kier molecular flexibility index (Phi) is 10.3. The van der Waals surface area contributed by atoms with E-state index in [1.807, 2.05) is 37.3 Å². The molecule has 0 fully saturated rings. The molecule has 26 heavy (non-hydrogen) atoms. The first-order valence-corrected chi connectivity index (χ1v) is 8.52. The van der Waals surface area contributed by atoms with Crippen LogP contribution >= 0.6 is 24.0 Å². The highest BCUT2D eigenvalue weighted by atomic mass is 127. The van der Waals surface area contributed by atoms with Crippen molar-refractivity contribution >= 4 is 29.9 Å². The highest BCUT2D eigenvalue weighted by molar-refractivity contribution is 14.0. The number of benzene rings is 1. The number of aliphatic hydroxyl groups is 1. The first-order valence-electron chi connectivity index (χ1n) is 8.52. The smallest absolute Gasteiger partial charge is 0.191 e. The van der Waals surface area contributed by atoms with Crippen LogP contribution in [0.1, 0.15) is 25.2 Å². The molecule has 2 rings (SSSR count). The summed E-state index contributed by atoms with van der Waals surface area (Å²) in [5.74, 6) is 1.14. The minimum Gasteiger partial charge on any atom is -0.466 e. The van der Waals surface area contributed by atoms with E-state index in [0.717, 1.165) is 12.1 Å². The van der Waals surface area contributed by atoms with Gasteiger partial charge in [0.2, 0.25) is 0 Å². The molecule has 2 aromatic rings. The van der Waals surface area contributed by atoms with Crippen molar-refractivity contribution in [3.8, 4) is 0 Å². The molecule has 1 aromatic heterocycles. The monoisotopic (exact) mass is 473 g/mol. The largest absolute Gasteiger partial charge is 0.466 e. The summed E-state index contributed by atoms with van der Waals surface area (Å²) < 4.78 is 10.9. The molecule has 3 N–H and O–H groups in total. The number of rotatable bonds is 9. The summed E-state index contributed by atoms with van der Waals surface area (Å²) in [6.45, 7) is 6.38. The van der Waals surface area contributed by atoms with Crippen molar-refractivity contribution in [2.75, 3.05) is 26.2 Å². The minimum atomic E-state index is -1.14. The van der Waals surface area contributed by atoms with E-state index >= 15 is 0 Å². The van der Waals surface area contributed by atoms with E-state index in [1.165, 1.54) is 0 Å². The van der Waals surface area contributed by atoms with E-state index in [1.54, 1.807) is 25.3 Å². The van der Waals surface area contributed by atoms with Crippen molar-refractivity contribution in [3.05, 3.63) is 60.1 Å². The van der Waals surface area contributed by atoms with E-state index in [9.17, 15) is 5.11 Å². The predicted octanol–water partition coefficient (Wildman–Crippen LogP) is 2.88. The lowest BCUT2D eigenvalue weighted by atomic mass is 10.0. The average molecular weight is 473 g/mol. The normalized spacial score (nSPS) is 13.6. The molecular weight excluding hydrogens is 445 g/mol. The van der Waals surface area contributed by atoms with Crippen LogP contribution in [0, 0.1) is 0 Å². The molecule has 0 radical (unpaired) electrons. The third-order valence-electron chi connectivity index (χ3n) is 3.59. The number of halogens is 1. The molecule has 144 valence electrons. The van der Waals surface area contributed by atoms with Crippen LogP contribution in [-0.2, 0) is 16.9 Å². The van der Waals surface area contributed by atoms with Gasteiger partial charge in [-0.25, -0.2) is 4.99 Å². The summed E-state index contributed by atoms with van der Waals surface area (Å²) in [5, 5.41) is 16.8. The maximum Gasteiger partial charge on any atom is 0.191 e. The van der Waals surface area contributed by atoms with Gasteiger partial charge in [-0.1, -0.05) is 30.3 Å². The fourth-order valence-corrected chi connectivity index (χ4v) is 2.24. The Balaban J connectivity index is 0.00000338. The molecule has 0 saturated carbocycles. The van der Waals surface area contributed by atoms with Gasteiger partial charge in [-0.15, -0.1) is 24.0 Å². The maximum atomic E-state index is 10.4. The van der Waals surface area contributed by atoms with Crippen LogP contribution in [-0.4, -0.2) is 37.3 Å². The number of hydrogen-bond acceptors (Lipinski definition) is 4. The number of nitrogens with one attached hydrogen (secondary N) is 2. The van der Waals surface area contributed by atoms with E-state index in [4.69, 9.17) is 9.15 Å². The lowest BCUT2D eigenvalue weighted by molar-refractivity contribution is 0.0436. The minimum absolute atomic E-state index is 0. The van der Waals surface area contributed by atoms with Gasteiger partial charge in [0, 0.05) is 13.1 Å². The Labute approximate surface area is 172 Å². The van der Waals surface area contributed by atoms with Gasteiger partial charge in [-0.2, -0.15) is 0 Å². The Morgan fingerprint density at radius 2 is 1.96 bits per heavy atom. The van der Waals surface area contributed by atoms with E-state index in [2.05, 4.69) is 15.6 Å². The van der Waals surface area contributed by atoms with E-state index in [0.29, 0.717) is 31.5 Å². The predicted molar refractivity (Wildman–Crippen MR) is 114 cm³/mol. The first kappa shape index (κ1) is 22.5. The van der Waals surface area contributed by atoms with Gasteiger partial charge in [0.25, 0.3) is 0 Å². The highest BCUT2D eigenvalue weighted by Gasteiger charge is 2.25. The molecule has 1 heterocycles. The number of hydrogen-bond donors (Lipinski definition) is 3. The summed E-state index contributed by atoms with van der Waals surface area (Å²) >= 11 is 0. The van der Waals surface area contributed by atoms with Crippen LogP contribution in [0.15, 0.2) is 58.1 Å². The zero-order chi connectivity index (χ0) is 18.0. The van der Waals surface area contributed by atoms with Crippen molar-refractivity contribution in [2.45, 2.75) is 26.1 Å². The molecule has 1 unspecified atom stereocenters. The average Bonchev–Trinajstić information content (AvgIpc) is 3.16. The summed E-state index contributed by atoms with van der Waals surface area (Å²) in [6.07, 6.45) is 1.54.